The van der Waals surface area contributed by atoms with Crippen LogP contribution in [0.15, 0.2) is 35.7 Å². The van der Waals surface area contributed by atoms with Crippen LogP contribution in [0.3, 0.4) is 0 Å². The maximum Gasteiger partial charge on any atom is 0.265 e. The Kier molecular flexibility index (Phi) is 6.62. The van der Waals surface area contributed by atoms with E-state index < -0.39 is 0 Å². The van der Waals surface area contributed by atoms with Crippen LogP contribution in [0.5, 0.6) is 0 Å². The monoisotopic (exact) mass is 378 g/mol. The van der Waals surface area contributed by atoms with Crippen LogP contribution in [0.2, 0.25) is 5.02 Å². The van der Waals surface area contributed by atoms with Crippen LogP contribution < -0.4 is 5.32 Å². The third-order valence-corrected chi connectivity index (χ3v) is 5.20. The quantitative estimate of drug-likeness (QED) is 0.754. The summed E-state index contributed by atoms with van der Waals surface area (Å²) in [6, 6.07) is 8.64. The van der Waals surface area contributed by atoms with Gasteiger partial charge < -0.3 is 10.2 Å². The summed E-state index contributed by atoms with van der Waals surface area (Å²) >= 11 is 7.53. The van der Waals surface area contributed by atoms with Crippen molar-refractivity contribution < 1.29 is 9.59 Å². The van der Waals surface area contributed by atoms with E-state index in [9.17, 15) is 9.59 Å². The van der Waals surface area contributed by atoms with E-state index >= 15 is 0 Å². The standard InChI is InChI=1S/C19H23ClN2O2S/c1-12(2)10-13(3)22(4)19(24)14-7-8-15(20)16(11-14)21-18(23)17-6-5-9-25-17/h5-9,11-13H,10H2,1-4H3,(H,21,23). The van der Waals surface area contributed by atoms with E-state index in [1.165, 1.54) is 11.3 Å². The number of carbonyl (C=O) groups is 2. The van der Waals surface area contributed by atoms with Gasteiger partial charge in [0.2, 0.25) is 0 Å². The summed E-state index contributed by atoms with van der Waals surface area (Å²) in [6.07, 6.45) is 0.928. The van der Waals surface area contributed by atoms with Crippen molar-refractivity contribution in [3.8, 4) is 0 Å². The largest absolute Gasteiger partial charge is 0.339 e. The molecule has 2 rings (SSSR count). The van der Waals surface area contributed by atoms with Gasteiger partial charge in [0, 0.05) is 18.7 Å². The molecule has 0 bridgehead atoms. The fraction of sp³-hybridized carbons (Fsp3) is 0.368. The van der Waals surface area contributed by atoms with Crippen molar-refractivity contribution in [2.75, 3.05) is 12.4 Å². The lowest BCUT2D eigenvalue weighted by Gasteiger charge is -2.26. The van der Waals surface area contributed by atoms with Crippen LogP contribution >= 0.6 is 22.9 Å². The molecule has 25 heavy (non-hydrogen) atoms. The molecule has 6 heteroatoms. The van der Waals surface area contributed by atoms with Gasteiger partial charge in [-0.1, -0.05) is 31.5 Å². The molecule has 4 nitrogen and oxygen atoms in total. The number of nitrogens with one attached hydrogen (secondary N) is 1. The van der Waals surface area contributed by atoms with Crippen LogP contribution in [0.1, 0.15) is 47.2 Å². The lowest BCUT2D eigenvalue weighted by atomic mass is 10.0. The molecule has 1 aromatic carbocycles. The van der Waals surface area contributed by atoms with Crippen molar-refractivity contribution in [3.63, 3.8) is 0 Å². The van der Waals surface area contributed by atoms with Gasteiger partial charge in [-0.2, -0.15) is 0 Å². The molecule has 1 N–H and O–H groups in total. The first kappa shape index (κ1) is 19.5. The van der Waals surface area contributed by atoms with Crippen LogP contribution in [0.4, 0.5) is 5.69 Å². The van der Waals surface area contributed by atoms with Crippen LogP contribution in [0, 0.1) is 5.92 Å². The van der Waals surface area contributed by atoms with Gasteiger partial charge in [-0.05, 0) is 48.9 Å². The van der Waals surface area contributed by atoms with Crippen molar-refractivity contribution >= 4 is 40.4 Å². The van der Waals surface area contributed by atoms with Gasteiger partial charge >= 0.3 is 0 Å². The van der Waals surface area contributed by atoms with E-state index in [4.69, 9.17) is 11.6 Å². The van der Waals surface area contributed by atoms with E-state index in [2.05, 4.69) is 19.2 Å². The highest BCUT2D eigenvalue weighted by atomic mass is 35.5. The molecule has 1 atom stereocenters. The fourth-order valence-electron chi connectivity index (χ4n) is 2.59. The zero-order valence-electron chi connectivity index (χ0n) is 14.9. The summed E-state index contributed by atoms with van der Waals surface area (Å²) in [4.78, 5) is 27.3. The summed E-state index contributed by atoms with van der Waals surface area (Å²) in [6.45, 7) is 6.30. The Labute approximate surface area is 157 Å². The van der Waals surface area contributed by atoms with Gasteiger partial charge in [0.05, 0.1) is 15.6 Å². The van der Waals surface area contributed by atoms with Gasteiger partial charge in [0.25, 0.3) is 11.8 Å². The zero-order valence-corrected chi connectivity index (χ0v) is 16.4. The highest BCUT2D eigenvalue weighted by Gasteiger charge is 2.20. The topological polar surface area (TPSA) is 49.4 Å². The maximum absolute atomic E-state index is 12.7. The van der Waals surface area contributed by atoms with Crippen LogP contribution in [-0.2, 0) is 0 Å². The number of nitrogens with zero attached hydrogens (tertiary/aromatic N) is 1. The number of hydrogen-bond donors (Lipinski definition) is 1. The van der Waals surface area contributed by atoms with Gasteiger partial charge in [0.15, 0.2) is 0 Å². The number of rotatable bonds is 6. The molecule has 0 fully saturated rings. The number of benzene rings is 1. The Hall–Kier alpha value is -1.85. The first-order chi connectivity index (χ1) is 11.8. The van der Waals surface area contributed by atoms with Crippen molar-refractivity contribution in [3.05, 3.63) is 51.2 Å². The average Bonchev–Trinajstić information content (AvgIpc) is 3.09. The van der Waals surface area contributed by atoms with Gasteiger partial charge in [-0.3, -0.25) is 9.59 Å². The second kappa shape index (κ2) is 8.50. The summed E-state index contributed by atoms with van der Waals surface area (Å²) in [7, 11) is 1.80. The van der Waals surface area contributed by atoms with Gasteiger partial charge in [0.1, 0.15) is 0 Å². The average molecular weight is 379 g/mol. The normalized spacial score (nSPS) is 12.1. The minimum atomic E-state index is -0.233. The second-order valence-electron chi connectivity index (χ2n) is 6.52. The number of thiophene rings is 1. The third-order valence-electron chi connectivity index (χ3n) is 4.00. The van der Waals surface area contributed by atoms with E-state index in [-0.39, 0.29) is 17.9 Å². The molecule has 0 saturated carbocycles. The van der Waals surface area contributed by atoms with Crippen molar-refractivity contribution in [1.82, 2.24) is 4.90 Å². The Bertz CT molecular complexity index is 744. The summed E-state index contributed by atoms with van der Waals surface area (Å²) in [5, 5.41) is 5.01. The zero-order chi connectivity index (χ0) is 18.6. The van der Waals surface area contributed by atoms with Crippen molar-refractivity contribution in [2.24, 2.45) is 5.92 Å². The molecule has 0 radical (unpaired) electrons. The minimum Gasteiger partial charge on any atom is -0.339 e. The van der Waals surface area contributed by atoms with E-state index in [1.807, 2.05) is 18.4 Å². The molecule has 134 valence electrons. The number of anilines is 1. The number of amides is 2. The SMILES string of the molecule is CC(C)CC(C)N(C)C(=O)c1ccc(Cl)c(NC(=O)c2cccs2)c1. The highest BCUT2D eigenvalue weighted by molar-refractivity contribution is 7.12. The Morgan fingerprint density at radius 3 is 2.56 bits per heavy atom. The number of hydrogen-bond acceptors (Lipinski definition) is 3. The lowest BCUT2D eigenvalue weighted by Crippen LogP contribution is -2.35. The first-order valence-electron chi connectivity index (χ1n) is 8.21. The first-order valence-corrected chi connectivity index (χ1v) is 9.47. The maximum atomic E-state index is 12.7. The van der Waals surface area contributed by atoms with E-state index in [1.54, 1.807) is 36.2 Å². The Balaban J connectivity index is 2.17. The summed E-state index contributed by atoms with van der Waals surface area (Å²) in [5.74, 6) is 0.190. The predicted octanol–water partition coefficient (Wildman–Crippen LogP) is 5.16. The Morgan fingerprint density at radius 2 is 1.96 bits per heavy atom. The summed E-state index contributed by atoms with van der Waals surface area (Å²) in [5.41, 5.74) is 0.944. The lowest BCUT2D eigenvalue weighted by molar-refractivity contribution is 0.0728. The molecule has 0 aliphatic heterocycles. The van der Waals surface area contributed by atoms with Crippen LogP contribution in [0.25, 0.3) is 0 Å². The smallest absolute Gasteiger partial charge is 0.265 e. The molecule has 1 unspecified atom stereocenters. The molecule has 0 spiro atoms. The fourth-order valence-corrected chi connectivity index (χ4v) is 3.37. The van der Waals surface area contributed by atoms with E-state index in [0.717, 1.165) is 6.42 Å². The van der Waals surface area contributed by atoms with Gasteiger partial charge in [-0.25, -0.2) is 0 Å². The molecule has 0 saturated heterocycles. The van der Waals surface area contributed by atoms with Crippen molar-refractivity contribution in [1.29, 1.82) is 0 Å². The number of carbonyl (C=O) groups excluding carboxylic acids is 2. The molecular formula is C19H23ClN2O2S. The molecule has 2 amide bonds. The molecule has 1 heterocycles. The second-order valence-corrected chi connectivity index (χ2v) is 7.88. The summed E-state index contributed by atoms with van der Waals surface area (Å²) < 4.78 is 0. The molecule has 0 aliphatic rings. The highest BCUT2D eigenvalue weighted by Crippen LogP contribution is 2.25. The van der Waals surface area contributed by atoms with Crippen molar-refractivity contribution in [2.45, 2.75) is 33.2 Å². The minimum absolute atomic E-state index is 0.0866. The molecule has 0 aliphatic carbocycles. The number of halogens is 1. The third kappa shape index (κ3) is 5.06. The Morgan fingerprint density at radius 1 is 1.24 bits per heavy atom. The van der Waals surface area contributed by atoms with E-state index in [0.29, 0.717) is 27.1 Å². The van der Waals surface area contributed by atoms with Crippen LogP contribution in [-0.4, -0.2) is 29.8 Å². The predicted molar refractivity (Wildman–Crippen MR) is 105 cm³/mol. The molecular weight excluding hydrogens is 356 g/mol. The van der Waals surface area contributed by atoms with Gasteiger partial charge in [-0.15, -0.1) is 11.3 Å². The molecule has 2 aromatic rings. The molecule has 1 aromatic heterocycles.